The third-order valence-corrected chi connectivity index (χ3v) is 5.90. The molecule has 1 saturated heterocycles. The van der Waals surface area contributed by atoms with E-state index < -0.39 is 5.60 Å². The fourth-order valence-electron chi connectivity index (χ4n) is 4.37. The highest BCUT2D eigenvalue weighted by Crippen LogP contribution is 2.42. The van der Waals surface area contributed by atoms with Crippen LogP contribution in [-0.2, 0) is 16.8 Å². The van der Waals surface area contributed by atoms with Gasteiger partial charge in [-0.1, -0.05) is 75.4 Å². The molecule has 0 saturated carbocycles. The maximum absolute atomic E-state index is 12.2. The van der Waals surface area contributed by atoms with Crippen LogP contribution < -0.4 is 12.4 Å². The van der Waals surface area contributed by atoms with Gasteiger partial charge in [0.25, 0.3) is 0 Å². The summed E-state index contributed by atoms with van der Waals surface area (Å²) in [5, 5.41) is 12.2. The van der Waals surface area contributed by atoms with Gasteiger partial charge in [-0.3, -0.25) is 4.90 Å². The summed E-state index contributed by atoms with van der Waals surface area (Å²) >= 11 is 0. The Labute approximate surface area is 182 Å². The summed E-state index contributed by atoms with van der Waals surface area (Å²) in [6.45, 7) is 10.8. The van der Waals surface area contributed by atoms with Crippen LogP contribution in [0.1, 0.15) is 49.8 Å². The van der Waals surface area contributed by atoms with Crippen LogP contribution in [-0.4, -0.2) is 42.9 Å². The maximum Gasteiger partial charge on any atom is 0.0979 e. The molecule has 3 rings (SSSR count). The molecule has 0 radical (unpaired) electrons. The van der Waals surface area contributed by atoms with Crippen LogP contribution in [0.15, 0.2) is 54.6 Å². The van der Waals surface area contributed by atoms with Crippen LogP contribution in [0.3, 0.4) is 0 Å². The van der Waals surface area contributed by atoms with Gasteiger partial charge in [0.2, 0.25) is 0 Å². The van der Waals surface area contributed by atoms with E-state index in [1.54, 1.807) is 0 Å². The molecule has 29 heavy (non-hydrogen) atoms. The zero-order valence-electron chi connectivity index (χ0n) is 18.0. The van der Waals surface area contributed by atoms with Crippen molar-refractivity contribution in [2.75, 3.05) is 32.8 Å². The van der Waals surface area contributed by atoms with E-state index in [0.717, 1.165) is 51.3 Å². The number of hydrogen-bond donors (Lipinski definition) is 1. The maximum atomic E-state index is 12.2. The zero-order valence-corrected chi connectivity index (χ0v) is 18.7. The summed E-state index contributed by atoms with van der Waals surface area (Å²) in [5.74, 6) is 0.411. The molecule has 1 fully saturated rings. The Bertz CT molecular complexity index is 713. The number of rotatable bonds is 8. The predicted octanol–water partition coefficient (Wildman–Crippen LogP) is 1.60. The van der Waals surface area contributed by atoms with Crippen LogP contribution in [0, 0.1) is 5.92 Å². The summed E-state index contributed by atoms with van der Waals surface area (Å²) in [6.07, 6.45) is 1.75. The number of ether oxygens (including phenoxy) is 1. The number of hydrogen-bond acceptors (Lipinski definition) is 3. The molecular weight excluding hydrogens is 382 g/mol. The number of nitrogens with zero attached hydrogens (tertiary/aromatic N) is 1. The largest absolute Gasteiger partial charge is 1.00 e. The molecule has 1 N–H and O–H groups in total. The molecule has 0 bridgehead atoms. The third kappa shape index (κ3) is 6.05. The van der Waals surface area contributed by atoms with Gasteiger partial charge in [-0.05, 0) is 35.4 Å². The normalized spacial score (nSPS) is 18.1. The van der Waals surface area contributed by atoms with Crippen LogP contribution in [0.2, 0.25) is 0 Å². The Balaban J connectivity index is 0.00000300. The summed E-state index contributed by atoms with van der Waals surface area (Å²) < 4.78 is 5.54. The highest BCUT2D eigenvalue weighted by molar-refractivity contribution is 5.34. The van der Waals surface area contributed by atoms with Crippen molar-refractivity contribution < 1.29 is 22.3 Å². The second-order valence-corrected chi connectivity index (χ2v) is 8.45. The minimum atomic E-state index is -0.903. The van der Waals surface area contributed by atoms with Crippen LogP contribution in [0.5, 0.6) is 0 Å². The molecule has 1 aliphatic heterocycles. The zero-order chi connectivity index (χ0) is 20.0. The van der Waals surface area contributed by atoms with Crippen molar-refractivity contribution >= 4 is 0 Å². The van der Waals surface area contributed by atoms with E-state index in [-0.39, 0.29) is 18.3 Å². The molecule has 2 unspecified atom stereocenters. The summed E-state index contributed by atoms with van der Waals surface area (Å²) in [5.41, 5.74) is 2.64. The minimum absolute atomic E-state index is 0. The fraction of sp³-hybridized carbons (Fsp3) is 0.520. The number of benzene rings is 2. The number of morpholine rings is 1. The fourth-order valence-corrected chi connectivity index (χ4v) is 4.37. The molecule has 2 aromatic carbocycles. The summed E-state index contributed by atoms with van der Waals surface area (Å²) in [7, 11) is 0. The Kier molecular flexibility index (Phi) is 9.16. The Morgan fingerprint density at radius 3 is 2.17 bits per heavy atom. The standard InChI is InChI=1S/C25H35NO2.ClH/c1-4-21-10-12-23(13-11-21)25(27,18-20(2)3)24(22-8-6-5-7-9-22)19-26-14-16-28-17-15-26;/h5-13,20,24,27H,4,14-19H2,1-3H3;1H/p-1. The second-order valence-electron chi connectivity index (χ2n) is 8.45. The van der Waals surface area contributed by atoms with Gasteiger partial charge in [0.05, 0.1) is 18.8 Å². The van der Waals surface area contributed by atoms with Crippen molar-refractivity contribution in [2.24, 2.45) is 5.92 Å². The molecular formula is C25H35ClNO2-. The first-order valence-electron chi connectivity index (χ1n) is 10.7. The van der Waals surface area contributed by atoms with Crippen molar-refractivity contribution in [1.29, 1.82) is 0 Å². The van der Waals surface area contributed by atoms with Gasteiger partial charge in [0.1, 0.15) is 0 Å². The van der Waals surface area contributed by atoms with E-state index >= 15 is 0 Å². The van der Waals surface area contributed by atoms with E-state index in [1.165, 1.54) is 11.1 Å². The van der Waals surface area contributed by atoms with Gasteiger partial charge < -0.3 is 22.3 Å². The van der Waals surface area contributed by atoms with E-state index in [1.807, 2.05) is 6.07 Å². The van der Waals surface area contributed by atoms with E-state index in [0.29, 0.717) is 5.92 Å². The highest BCUT2D eigenvalue weighted by atomic mass is 35.5. The van der Waals surface area contributed by atoms with Crippen LogP contribution >= 0.6 is 0 Å². The number of aryl methyl sites for hydroxylation is 1. The van der Waals surface area contributed by atoms with Crippen LogP contribution in [0.4, 0.5) is 0 Å². The lowest BCUT2D eigenvalue weighted by Crippen LogP contribution is -3.00. The molecule has 4 heteroatoms. The predicted molar refractivity (Wildman–Crippen MR) is 116 cm³/mol. The van der Waals surface area contributed by atoms with Gasteiger partial charge in [0, 0.05) is 25.6 Å². The highest BCUT2D eigenvalue weighted by Gasteiger charge is 2.40. The van der Waals surface area contributed by atoms with E-state index in [2.05, 4.69) is 74.2 Å². The molecule has 1 heterocycles. The molecule has 3 nitrogen and oxygen atoms in total. The molecule has 2 atom stereocenters. The first-order valence-corrected chi connectivity index (χ1v) is 10.7. The molecule has 1 aliphatic rings. The second kappa shape index (κ2) is 11.1. The first-order chi connectivity index (χ1) is 13.5. The van der Waals surface area contributed by atoms with Crippen molar-refractivity contribution in [3.8, 4) is 0 Å². The third-order valence-electron chi connectivity index (χ3n) is 5.90. The average Bonchev–Trinajstić information content (AvgIpc) is 2.73. The minimum Gasteiger partial charge on any atom is -1.00 e. The van der Waals surface area contributed by atoms with Gasteiger partial charge in [-0.2, -0.15) is 0 Å². The SMILES string of the molecule is CCc1ccc(C(O)(CC(C)C)C(CN2CCOCC2)c2ccccc2)cc1.[Cl-]. The van der Waals surface area contributed by atoms with Crippen molar-refractivity contribution in [2.45, 2.75) is 45.1 Å². The van der Waals surface area contributed by atoms with Gasteiger partial charge >= 0.3 is 0 Å². The van der Waals surface area contributed by atoms with E-state index in [4.69, 9.17) is 4.74 Å². The van der Waals surface area contributed by atoms with Crippen molar-refractivity contribution in [3.05, 3.63) is 71.3 Å². The van der Waals surface area contributed by atoms with Gasteiger partial charge in [-0.15, -0.1) is 0 Å². The molecule has 160 valence electrons. The first kappa shape index (κ1) is 23.9. The monoisotopic (exact) mass is 416 g/mol. The van der Waals surface area contributed by atoms with Crippen molar-refractivity contribution in [1.82, 2.24) is 4.90 Å². The number of aliphatic hydroxyl groups is 1. The Morgan fingerprint density at radius 2 is 1.62 bits per heavy atom. The topological polar surface area (TPSA) is 32.7 Å². The van der Waals surface area contributed by atoms with Crippen molar-refractivity contribution in [3.63, 3.8) is 0 Å². The lowest BCUT2D eigenvalue weighted by molar-refractivity contribution is -0.0356. The summed E-state index contributed by atoms with van der Waals surface area (Å²) in [6, 6.07) is 19.1. The number of halogens is 1. The average molecular weight is 417 g/mol. The van der Waals surface area contributed by atoms with Gasteiger partial charge in [0.15, 0.2) is 0 Å². The van der Waals surface area contributed by atoms with E-state index in [9.17, 15) is 5.11 Å². The molecule has 2 aromatic rings. The van der Waals surface area contributed by atoms with Crippen LogP contribution in [0.25, 0.3) is 0 Å². The molecule has 0 spiro atoms. The summed E-state index contributed by atoms with van der Waals surface area (Å²) in [4.78, 5) is 2.44. The lowest BCUT2D eigenvalue weighted by Gasteiger charge is -2.42. The molecule has 0 amide bonds. The molecule has 0 aliphatic carbocycles. The molecule has 0 aromatic heterocycles. The quantitative estimate of drug-likeness (QED) is 0.709. The Hall–Kier alpha value is -1.39. The van der Waals surface area contributed by atoms with Gasteiger partial charge in [-0.25, -0.2) is 0 Å². The smallest absolute Gasteiger partial charge is 0.0979 e. The Morgan fingerprint density at radius 1 is 1.00 bits per heavy atom. The lowest BCUT2D eigenvalue weighted by atomic mass is 9.72.